The number of halogens is 1. The van der Waals surface area contributed by atoms with Gasteiger partial charge in [-0.25, -0.2) is 0 Å². The van der Waals surface area contributed by atoms with Crippen molar-refractivity contribution < 1.29 is 9.53 Å². The molecule has 3 rings (SSSR count). The zero-order chi connectivity index (χ0) is 19.2. The Kier molecular flexibility index (Phi) is 6.58. The average molecular weight is 388 g/mol. The van der Waals surface area contributed by atoms with Gasteiger partial charge < -0.3 is 15.0 Å². The summed E-state index contributed by atoms with van der Waals surface area (Å²) in [6.45, 7) is 7.96. The zero-order valence-electron chi connectivity index (χ0n) is 15.8. The molecule has 144 valence electrons. The monoisotopic (exact) mass is 387 g/mol. The minimum atomic E-state index is -0.182. The van der Waals surface area contributed by atoms with Gasteiger partial charge in [0.2, 0.25) is 5.91 Å². The van der Waals surface area contributed by atoms with Gasteiger partial charge in [0, 0.05) is 42.6 Å². The molecule has 1 N–H and O–H groups in total. The third-order valence-electron chi connectivity index (χ3n) is 4.85. The van der Waals surface area contributed by atoms with Crippen LogP contribution in [-0.2, 0) is 4.79 Å². The van der Waals surface area contributed by atoms with E-state index in [-0.39, 0.29) is 11.9 Å². The Bertz CT molecular complexity index is 758. The second-order valence-electron chi connectivity index (χ2n) is 6.63. The smallest absolute Gasteiger partial charge is 0.241 e. The second-order valence-corrected chi connectivity index (χ2v) is 7.06. The molecule has 2 aromatic rings. The highest BCUT2D eigenvalue weighted by molar-refractivity contribution is 6.30. The molecule has 0 bridgehead atoms. The van der Waals surface area contributed by atoms with E-state index in [0.29, 0.717) is 6.61 Å². The fourth-order valence-electron chi connectivity index (χ4n) is 3.25. The molecule has 1 aliphatic heterocycles. The van der Waals surface area contributed by atoms with Gasteiger partial charge in [0.15, 0.2) is 0 Å². The highest BCUT2D eigenvalue weighted by Gasteiger charge is 2.25. The fraction of sp³-hybridized carbons (Fsp3) is 0.381. The maximum absolute atomic E-state index is 12.6. The predicted octanol–water partition coefficient (Wildman–Crippen LogP) is 3.89. The summed E-state index contributed by atoms with van der Waals surface area (Å²) < 4.78 is 5.43. The number of amides is 1. The molecule has 27 heavy (non-hydrogen) atoms. The van der Waals surface area contributed by atoms with Crippen LogP contribution in [0.25, 0.3) is 0 Å². The lowest BCUT2D eigenvalue weighted by atomic mass is 10.2. The molecule has 1 heterocycles. The van der Waals surface area contributed by atoms with Crippen molar-refractivity contribution >= 4 is 28.9 Å². The number of piperazine rings is 1. The molecule has 1 aliphatic rings. The van der Waals surface area contributed by atoms with E-state index in [1.165, 1.54) is 0 Å². The van der Waals surface area contributed by atoms with Gasteiger partial charge in [0.05, 0.1) is 12.6 Å². The third kappa shape index (κ3) is 5.15. The quantitative estimate of drug-likeness (QED) is 0.816. The molecule has 1 amide bonds. The second kappa shape index (κ2) is 9.11. The van der Waals surface area contributed by atoms with Crippen LogP contribution in [0.3, 0.4) is 0 Å². The first kappa shape index (κ1) is 19.5. The van der Waals surface area contributed by atoms with Gasteiger partial charge in [-0.2, -0.15) is 0 Å². The minimum Gasteiger partial charge on any atom is -0.494 e. The van der Waals surface area contributed by atoms with E-state index >= 15 is 0 Å². The van der Waals surface area contributed by atoms with E-state index in [9.17, 15) is 4.79 Å². The van der Waals surface area contributed by atoms with Gasteiger partial charge in [-0.3, -0.25) is 9.69 Å². The summed E-state index contributed by atoms with van der Waals surface area (Å²) in [7, 11) is 0. The normalized spacial score (nSPS) is 16.0. The van der Waals surface area contributed by atoms with Gasteiger partial charge in [-0.05, 0) is 56.3 Å². The van der Waals surface area contributed by atoms with Crippen molar-refractivity contribution in [1.82, 2.24) is 4.90 Å². The Morgan fingerprint density at radius 3 is 2.48 bits per heavy atom. The lowest BCUT2D eigenvalue weighted by Gasteiger charge is -2.38. The third-order valence-corrected chi connectivity index (χ3v) is 5.08. The molecule has 0 unspecified atom stereocenters. The van der Waals surface area contributed by atoms with Gasteiger partial charge >= 0.3 is 0 Å². The molecule has 6 heteroatoms. The molecule has 5 nitrogen and oxygen atoms in total. The molecule has 1 fully saturated rings. The highest BCUT2D eigenvalue weighted by atomic mass is 35.5. The molecule has 2 aromatic carbocycles. The summed E-state index contributed by atoms with van der Waals surface area (Å²) in [6.07, 6.45) is 0. The maximum atomic E-state index is 12.6. The number of hydrogen-bond acceptors (Lipinski definition) is 4. The molecule has 0 radical (unpaired) electrons. The van der Waals surface area contributed by atoms with Crippen molar-refractivity contribution in [1.29, 1.82) is 0 Å². The zero-order valence-corrected chi connectivity index (χ0v) is 16.6. The van der Waals surface area contributed by atoms with Crippen molar-refractivity contribution in [2.75, 3.05) is 43.0 Å². The molecule has 0 aromatic heterocycles. The number of ether oxygens (including phenoxy) is 1. The van der Waals surface area contributed by atoms with Crippen LogP contribution in [0.15, 0.2) is 48.5 Å². The molecule has 0 aliphatic carbocycles. The number of carbonyl (C=O) groups is 1. The predicted molar refractivity (Wildman–Crippen MR) is 111 cm³/mol. The molecule has 1 atom stereocenters. The van der Waals surface area contributed by atoms with Crippen molar-refractivity contribution in [3.05, 3.63) is 53.6 Å². The van der Waals surface area contributed by atoms with Gasteiger partial charge in [0.1, 0.15) is 5.75 Å². The van der Waals surface area contributed by atoms with Crippen LogP contribution in [0.4, 0.5) is 11.4 Å². The first-order valence-electron chi connectivity index (χ1n) is 9.35. The number of anilines is 2. The molecule has 0 saturated carbocycles. The number of nitrogens with one attached hydrogen (secondary N) is 1. The topological polar surface area (TPSA) is 44.8 Å². The van der Waals surface area contributed by atoms with Crippen LogP contribution in [0.2, 0.25) is 5.02 Å². The lowest BCUT2D eigenvalue weighted by Crippen LogP contribution is -2.52. The van der Waals surface area contributed by atoms with E-state index in [4.69, 9.17) is 16.3 Å². The largest absolute Gasteiger partial charge is 0.494 e. The van der Waals surface area contributed by atoms with Crippen LogP contribution < -0.4 is 15.0 Å². The van der Waals surface area contributed by atoms with Gasteiger partial charge in [-0.15, -0.1) is 0 Å². The van der Waals surface area contributed by atoms with Gasteiger partial charge in [-0.1, -0.05) is 17.7 Å². The van der Waals surface area contributed by atoms with Gasteiger partial charge in [0.25, 0.3) is 0 Å². The number of carbonyl (C=O) groups excluding carboxylic acids is 1. The number of rotatable bonds is 6. The van der Waals surface area contributed by atoms with Crippen molar-refractivity contribution in [2.24, 2.45) is 0 Å². The highest BCUT2D eigenvalue weighted by Crippen LogP contribution is 2.22. The van der Waals surface area contributed by atoms with Crippen LogP contribution in [0.5, 0.6) is 5.75 Å². The van der Waals surface area contributed by atoms with E-state index in [2.05, 4.69) is 21.2 Å². The Morgan fingerprint density at radius 2 is 1.85 bits per heavy atom. The molecule has 1 saturated heterocycles. The summed E-state index contributed by atoms with van der Waals surface area (Å²) in [6, 6.07) is 15.2. The Hall–Kier alpha value is -2.24. The molecular formula is C21H26ClN3O2. The summed E-state index contributed by atoms with van der Waals surface area (Å²) in [4.78, 5) is 17.1. The van der Waals surface area contributed by atoms with Crippen molar-refractivity contribution in [2.45, 2.75) is 19.9 Å². The van der Waals surface area contributed by atoms with E-state index in [1.54, 1.807) is 0 Å². The number of benzene rings is 2. The van der Waals surface area contributed by atoms with Crippen LogP contribution in [0, 0.1) is 0 Å². The SMILES string of the molecule is CCOc1ccc(NC(=O)[C@H](C)N2CCN(c3cccc(Cl)c3)CC2)cc1. The van der Waals surface area contributed by atoms with E-state index in [0.717, 1.165) is 48.3 Å². The standard InChI is InChI=1S/C21H26ClN3O2/c1-3-27-20-9-7-18(8-10-20)23-21(26)16(2)24-11-13-25(14-12-24)19-6-4-5-17(22)15-19/h4-10,15-16H,3,11-14H2,1-2H3,(H,23,26)/t16-/m0/s1. The minimum absolute atomic E-state index is 0.00960. The van der Waals surface area contributed by atoms with E-state index in [1.807, 2.05) is 56.3 Å². The first-order chi connectivity index (χ1) is 13.1. The van der Waals surface area contributed by atoms with Crippen LogP contribution in [0.1, 0.15) is 13.8 Å². The summed E-state index contributed by atoms with van der Waals surface area (Å²) in [5, 5.41) is 3.74. The Balaban J connectivity index is 1.52. The fourth-order valence-corrected chi connectivity index (χ4v) is 3.44. The number of hydrogen-bond donors (Lipinski definition) is 1. The Morgan fingerprint density at radius 1 is 1.15 bits per heavy atom. The lowest BCUT2D eigenvalue weighted by molar-refractivity contribution is -0.120. The maximum Gasteiger partial charge on any atom is 0.241 e. The van der Waals surface area contributed by atoms with Crippen molar-refractivity contribution in [3.8, 4) is 5.75 Å². The van der Waals surface area contributed by atoms with Crippen LogP contribution >= 0.6 is 11.6 Å². The summed E-state index contributed by atoms with van der Waals surface area (Å²) in [5.41, 5.74) is 1.92. The summed E-state index contributed by atoms with van der Waals surface area (Å²) in [5.74, 6) is 0.816. The first-order valence-corrected chi connectivity index (χ1v) is 9.73. The summed E-state index contributed by atoms with van der Waals surface area (Å²) >= 11 is 6.09. The number of nitrogens with zero attached hydrogens (tertiary/aromatic N) is 2. The van der Waals surface area contributed by atoms with Crippen molar-refractivity contribution in [3.63, 3.8) is 0 Å². The molecular weight excluding hydrogens is 362 g/mol. The van der Waals surface area contributed by atoms with E-state index < -0.39 is 0 Å². The van der Waals surface area contributed by atoms with Crippen LogP contribution in [-0.4, -0.2) is 49.6 Å². The average Bonchev–Trinajstić information content (AvgIpc) is 2.69. The Labute approximate surface area is 165 Å². The molecule has 0 spiro atoms.